The fourth-order valence-corrected chi connectivity index (χ4v) is 4.83. The molecule has 0 bridgehead atoms. The van der Waals surface area contributed by atoms with Gasteiger partial charge in [0.05, 0.1) is 32.5 Å². The molecular formula is C19H22F2N4O2S. The lowest BCUT2D eigenvalue weighted by atomic mass is 10.0. The summed E-state index contributed by atoms with van der Waals surface area (Å²) in [5.74, 6) is -2.87. The van der Waals surface area contributed by atoms with Crippen molar-refractivity contribution in [2.24, 2.45) is 0 Å². The summed E-state index contributed by atoms with van der Waals surface area (Å²) < 4.78 is 49.2. The van der Waals surface area contributed by atoms with E-state index < -0.39 is 21.8 Å². The van der Waals surface area contributed by atoms with Crippen molar-refractivity contribution < 1.29 is 18.1 Å². The molecule has 0 amide bonds. The zero-order valence-electron chi connectivity index (χ0n) is 15.9. The molecule has 1 fully saturated rings. The lowest BCUT2D eigenvalue weighted by molar-refractivity contribution is -0.00603. The van der Waals surface area contributed by atoms with Crippen LogP contribution in [0.4, 0.5) is 14.7 Å². The molecule has 2 aliphatic rings. The number of nitrogens with zero attached hydrogens (tertiary/aromatic N) is 3. The first-order chi connectivity index (χ1) is 13.0. The van der Waals surface area contributed by atoms with Crippen LogP contribution < -0.4 is 4.90 Å². The Hall–Kier alpha value is -2.13. The third-order valence-corrected chi connectivity index (χ3v) is 6.88. The number of hydrogen-bond donors (Lipinski definition) is 2. The first-order valence-corrected chi connectivity index (χ1v) is 11.0. The normalized spacial score (nSPS) is 25.1. The smallest absolute Gasteiger partial charge is 0.290 e. The van der Waals surface area contributed by atoms with Gasteiger partial charge in [-0.05, 0) is 31.9 Å². The molecule has 28 heavy (non-hydrogen) atoms. The predicted molar refractivity (Wildman–Crippen MR) is 102 cm³/mol. The number of aryl methyl sites for hydroxylation is 1. The van der Waals surface area contributed by atoms with Crippen molar-refractivity contribution in [1.29, 1.82) is 4.78 Å². The van der Waals surface area contributed by atoms with Gasteiger partial charge in [-0.2, -0.15) is 8.78 Å². The van der Waals surface area contributed by atoms with E-state index in [0.717, 1.165) is 0 Å². The van der Waals surface area contributed by atoms with Crippen LogP contribution in [0.2, 0.25) is 0 Å². The van der Waals surface area contributed by atoms with Gasteiger partial charge in [-0.15, -0.1) is 0 Å². The molecule has 3 atom stereocenters. The summed E-state index contributed by atoms with van der Waals surface area (Å²) in [6.45, 7) is 3.85. The Kier molecular flexibility index (Phi) is 4.24. The number of nitrogens with one attached hydrogen (secondary N) is 1. The van der Waals surface area contributed by atoms with Crippen LogP contribution >= 0.6 is 0 Å². The Bertz CT molecular complexity index is 1070. The van der Waals surface area contributed by atoms with Crippen LogP contribution in [0.15, 0.2) is 23.1 Å². The van der Waals surface area contributed by atoms with Crippen molar-refractivity contribution in [3.05, 3.63) is 35.0 Å². The number of hydrogen-bond acceptors (Lipinski definition) is 6. The molecule has 1 saturated heterocycles. The van der Waals surface area contributed by atoms with Crippen molar-refractivity contribution >= 4 is 15.7 Å². The highest BCUT2D eigenvalue weighted by Crippen LogP contribution is 2.45. The molecule has 0 radical (unpaired) electrons. The van der Waals surface area contributed by atoms with Gasteiger partial charge in [-0.3, -0.25) is 0 Å². The number of benzene rings is 1. The van der Waals surface area contributed by atoms with Gasteiger partial charge in [0.2, 0.25) is 5.95 Å². The second-order valence-electron chi connectivity index (χ2n) is 7.69. The number of fused-ring (bicyclic) bond motifs is 1. The second kappa shape index (κ2) is 6.18. The molecule has 4 rings (SSSR count). The lowest BCUT2D eigenvalue weighted by Gasteiger charge is -2.43. The Labute approximate surface area is 162 Å². The van der Waals surface area contributed by atoms with Gasteiger partial charge in [0.1, 0.15) is 5.69 Å². The van der Waals surface area contributed by atoms with E-state index in [-0.39, 0.29) is 30.5 Å². The van der Waals surface area contributed by atoms with Crippen molar-refractivity contribution in [3.8, 4) is 11.3 Å². The molecule has 150 valence electrons. The molecule has 0 saturated carbocycles. The maximum Gasteiger partial charge on any atom is 0.290 e. The summed E-state index contributed by atoms with van der Waals surface area (Å²) >= 11 is 0. The summed E-state index contributed by atoms with van der Waals surface area (Å²) in [4.78, 5) is 10.8. The third kappa shape index (κ3) is 2.97. The fourth-order valence-electron chi connectivity index (χ4n) is 3.80. The van der Waals surface area contributed by atoms with E-state index in [2.05, 4.69) is 9.97 Å². The van der Waals surface area contributed by atoms with Gasteiger partial charge in [0.25, 0.3) is 5.92 Å². The molecular weight excluding hydrogens is 386 g/mol. The fraction of sp³-hybridized carbons (Fsp3) is 0.474. The Balaban J connectivity index is 1.92. The minimum atomic E-state index is -3.03. The van der Waals surface area contributed by atoms with Crippen molar-refractivity contribution in [2.75, 3.05) is 17.7 Å². The Morgan fingerprint density at radius 3 is 2.68 bits per heavy atom. The molecule has 1 unspecified atom stereocenters. The average Bonchev–Trinajstić information content (AvgIpc) is 2.93. The van der Waals surface area contributed by atoms with E-state index >= 15 is 0 Å². The molecule has 2 heterocycles. The molecule has 2 aromatic rings. The highest BCUT2D eigenvalue weighted by Gasteiger charge is 2.45. The van der Waals surface area contributed by atoms with E-state index in [4.69, 9.17) is 4.78 Å². The first kappa shape index (κ1) is 19.2. The molecule has 9 heteroatoms. The average molecular weight is 408 g/mol. The SMILES string of the molecule is Cc1ccc(-c2nc(N3C[C@@H](O)[C@@H]3C)nc3c2CCC3(F)F)cc1S(C)(=N)=O. The molecule has 6 nitrogen and oxygen atoms in total. The molecule has 0 spiro atoms. The molecule has 2 N–H and O–H groups in total. The predicted octanol–water partition coefficient (Wildman–Crippen LogP) is 3.09. The number of β-amino-alcohol motifs (C(OH)–C–C–N with tert-alkyl or cyclic N) is 1. The van der Waals surface area contributed by atoms with Gasteiger partial charge in [-0.1, -0.05) is 12.1 Å². The van der Waals surface area contributed by atoms with Crippen LogP contribution in [0, 0.1) is 11.7 Å². The number of aliphatic hydroxyl groups is 1. The standard InChI is InChI=1S/C19H22F2N4O2S/c1-10-4-5-12(8-15(10)28(3,22)27)16-13-6-7-19(20,21)17(13)24-18(23-16)25-9-14(26)11(25)2/h4-5,8,11,14,22,26H,6-7,9H2,1-3H3/t11-,14+,28?/m0/s1. The maximum atomic E-state index is 14.5. The van der Waals surface area contributed by atoms with Gasteiger partial charge in [0.15, 0.2) is 0 Å². The number of aromatic nitrogens is 2. The van der Waals surface area contributed by atoms with E-state index in [9.17, 15) is 18.1 Å². The Morgan fingerprint density at radius 1 is 1.36 bits per heavy atom. The summed E-state index contributed by atoms with van der Waals surface area (Å²) in [6.07, 6.45) is 0.626. The molecule has 1 aliphatic heterocycles. The quantitative estimate of drug-likeness (QED) is 0.815. The zero-order valence-corrected chi connectivity index (χ0v) is 16.7. The van der Waals surface area contributed by atoms with Gasteiger partial charge in [-0.25, -0.2) is 19.0 Å². The van der Waals surface area contributed by atoms with E-state index in [1.807, 2.05) is 0 Å². The van der Waals surface area contributed by atoms with E-state index in [1.54, 1.807) is 36.9 Å². The number of rotatable bonds is 3. The number of anilines is 1. The van der Waals surface area contributed by atoms with Gasteiger partial charge in [0, 0.05) is 30.3 Å². The van der Waals surface area contributed by atoms with Crippen molar-refractivity contribution in [2.45, 2.75) is 49.7 Å². The maximum absolute atomic E-state index is 14.5. The highest BCUT2D eigenvalue weighted by molar-refractivity contribution is 7.91. The van der Waals surface area contributed by atoms with E-state index in [1.165, 1.54) is 6.26 Å². The van der Waals surface area contributed by atoms with Crippen LogP contribution in [0.3, 0.4) is 0 Å². The summed E-state index contributed by atoms with van der Waals surface area (Å²) in [7, 11) is -2.97. The first-order valence-electron chi connectivity index (χ1n) is 9.08. The number of halogens is 2. The van der Waals surface area contributed by atoms with Crippen LogP contribution in [0.5, 0.6) is 0 Å². The largest absolute Gasteiger partial charge is 0.389 e. The van der Waals surface area contributed by atoms with Crippen molar-refractivity contribution in [3.63, 3.8) is 0 Å². The topological polar surface area (TPSA) is 90.2 Å². The zero-order chi connectivity index (χ0) is 20.4. The van der Waals surface area contributed by atoms with Crippen LogP contribution in [0.25, 0.3) is 11.3 Å². The number of aliphatic hydroxyl groups excluding tert-OH is 1. The summed E-state index contributed by atoms with van der Waals surface area (Å²) in [6, 6.07) is 4.85. The summed E-state index contributed by atoms with van der Waals surface area (Å²) in [5.41, 5.74) is 1.77. The van der Waals surface area contributed by atoms with Crippen LogP contribution in [-0.4, -0.2) is 44.2 Å². The second-order valence-corrected chi connectivity index (χ2v) is 9.82. The minimum Gasteiger partial charge on any atom is -0.389 e. The lowest BCUT2D eigenvalue weighted by Crippen LogP contribution is -2.59. The number of alkyl halides is 2. The van der Waals surface area contributed by atoms with Gasteiger partial charge >= 0.3 is 0 Å². The molecule has 1 aromatic carbocycles. The highest BCUT2D eigenvalue weighted by atomic mass is 32.2. The van der Waals surface area contributed by atoms with Gasteiger partial charge < -0.3 is 10.0 Å². The van der Waals surface area contributed by atoms with E-state index in [0.29, 0.717) is 33.8 Å². The molecule has 1 aliphatic carbocycles. The van der Waals surface area contributed by atoms with Crippen LogP contribution in [0.1, 0.15) is 30.2 Å². The molecule has 1 aromatic heterocycles. The Morgan fingerprint density at radius 2 is 2.07 bits per heavy atom. The third-order valence-electron chi connectivity index (χ3n) is 5.60. The minimum absolute atomic E-state index is 0.154. The monoisotopic (exact) mass is 408 g/mol. The van der Waals surface area contributed by atoms with Crippen LogP contribution in [-0.2, 0) is 22.1 Å². The van der Waals surface area contributed by atoms with Crippen molar-refractivity contribution in [1.82, 2.24) is 9.97 Å². The summed E-state index contributed by atoms with van der Waals surface area (Å²) in [5, 5.41) is 9.79.